The molecule has 1 amide bonds. The number of hydrogen-bond donors (Lipinski definition) is 2. The SMILES string of the molecule is CCC1CC1NC(=O)c1cccc(C#CCO)c1. The third-order valence-electron chi connectivity index (χ3n) is 3.20. The Bertz CT molecular complexity index is 499. The van der Waals surface area contributed by atoms with Gasteiger partial charge in [0, 0.05) is 17.2 Å². The Labute approximate surface area is 107 Å². The van der Waals surface area contributed by atoms with Gasteiger partial charge >= 0.3 is 0 Å². The first-order valence-corrected chi connectivity index (χ1v) is 6.25. The number of aliphatic hydroxyl groups excluding tert-OH is 1. The molecule has 1 fully saturated rings. The second-order valence-electron chi connectivity index (χ2n) is 4.52. The van der Waals surface area contributed by atoms with Crippen LogP contribution in [-0.4, -0.2) is 23.7 Å². The highest BCUT2D eigenvalue weighted by atomic mass is 16.2. The largest absolute Gasteiger partial charge is 0.384 e. The van der Waals surface area contributed by atoms with Gasteiger partial charge in [-0.2, -0.15) is 0 Å². The summed E-state index contributed by atoms with van der Waals surface area (Å²) in [6.07, 6.45) is 2.21. The Balaban J connectivity index is 2.02. The minimum Gasteiger partial charge on any atom is -0.384 e. The molecule has 1 saturated carbocycles. The van der Waals surface area contributed by atoms with Gasteiger partial charge in [0.2, 0.25) is 0 Å². The van der Waals surface area contributed by atoms with Gasteiger partial charge in [-0.05, 0) is 30.5 Å². The van der Waals surface area contributed by atoms with Crippen molar-refractivity contribution >= 4 is 5.91 Å². The van der Waals surface area contributed by atoms with Gasteiger partial charge in [0.1, 0.15) is 6.61 Å². The van der Waals surface area contributed by atoms with E-state index < -0.39 is 0 Å². The van der Waals surface area contributed by atoms with E-state index in [-0.39, 0.29) is 12.5 Å². The monoisotopic (exact) mass is 243 g/mol. The zero-order chi connectivity index (χ0) is 13.0. The maximum absolute atomic E-state index is 12.0. The lowest BCUT2D eigenvalue weighted by molar-refractivity contribution is 0.0949. The number of rotatable bonds is 3. The van der Waals surface area contributed by atoms with E-state index in [1.54, 1.807) is 18.2 Å². The van der Waals surface area contributed by atoms with Crippen molar-refractivity contribution in [1.82, 2.24) is 5.32 Å². The number of carbonyl (C=O) groups excluding carboxylic acids is 1. The molecule has 1 aliphatic rings. The van der Waals surface area contributed by atoms with Crippen LogP contribution < -0.4 is 5.32 Å². The van der Waals surface area contributed by atoms with Crippen molar-refractivity contribution in [3.8, 4) is 11.8 Å². The summed E-state index contributed by atoms with van der Waals surface area (Å²) in [7, 11) is 0. The van der Waals surface area contributed by atoms with Gasteiger partial charge in [-0.15, -0.1) is 0 Å². The van der Waals surface area contributed by atoms with Crippen LogP contribution in [0.25, 0.3) is 0 Å². The number of aliphatic hydroxyl groups is 1. The number of benzene rings is 1. The highest BCUT2D eigenvalue weighted by Crippen LogP contribution is 2.33. The van der Waals surface area contributed by atoms with Gasteiger partial charge in [0.15, 0.2) is 0 Å². The number of carbonyl (C=O) groups is 1. The van der Waals surface area contributed by atoms with E-state index in [9.17, 15) is 4.79 Å². The maximum atomic E-state index is 12.0. The van der Waals surface area contributed by atoms with E-state index in [4.69, 9.17) is 5.11 Å². The van der Waals surface area contributed by atoms with Crippen LogP contribution >= 0.6 is 0 Å². The van der Waals surface area contributed by atoms with Crippen LogP contribution in [0.5, 0.6) is 0 Å². The van der Waals surface area contributed by atoms with Gasteiger partial charge < -0.3 is 10.4 Å². The minimum atomic E-state index is -0.170. The molecular formula is C15H17NO2. The van der Waals surface area contributed by atoms with Gasteiger partial charge in [-0.3, -0.25) is 4.79 Å². The van der Waals surface area contributed by atoms with Crippen LogP contribution in [0.15, 0.2) is 24.3 Å². The predicted molar refractivity (Wildman–Crippen MR) is 70.1 cm³/mol. The third kappa shape index (κ3) is 3.12. The molecule has 1 aromatic carbocycles. The summed E-state index contributed by atoms with van der Waals surface area (Å²) in [5.41, 5.74) is 1.38. The van der Waals surface area contributed by atoms with Crippen LogP contribution in [0.4, 0.5) is 0 Å². The van der Waals surface area contributed by atoms with Crippen LogP contribution in [0.2, 0.25) is 0 Å². The molecular weight excluding hydrogens is 226 g/mol. The fraction of sp³-hybridized carbons (Fsp3) is 0.400. The van der Waals surface area contributed by atoms with Gasteiger partial charge in [0.05, 0.1) is 0 Å². The van der Waals surface area contributed by atoms with Crippen LogP contribution in [-0.2, 0) is 0 Å². The van der Waals surface area contributed by atoms with Crippen molar-refractivity contribution in [2.45, 2.75) is 25.8 Å². The molecule has 1 aliphatic carbocycles. The minimum absolute atomic E-state index is 0.0383. The van der Waals surface area contributed by atoms with Crippen molar-refractivity contribution in [3.63, 3.8) is 0 Å². The Hall–Kier alpha value is -1.79. The van der Waals surface area contributed by atoms with E-state index in [1.807, 2.05) is 6.07 Å². The fourth-order valence-electron chi connectivity index (χ4n) is 2.01. The molecule has 94 valence electrons. The van der Waals surface area contributed by atoms with Gasteiger partial charge in [-0.25, -0.2) is 0 Å². The van der Waals surface area contributed by atoms with Crippen LogP contribution in [0.1, 0.15) is 35.7 Å². The first-order valence-electron chi connectivity index (χ1n) is 6.25. The topological polar surface area (TPSA) is 49.3 Å². The number of hydrogen-bond acceptors (Lipinski definition) is 2. The summed E-state index contributed by atoms with van der Waals surface area (Å²) in [6, 6.07) is 7.51. The van der Waals surface area contributed by atoms with Crippen molar-refractivity contribution in [1.29, 1.82) is 0 Å². The summed E-state index contributed by atoms with van der Waals surface area (Å²) in [5.74, 6) is 5.98. The fourth-order valence-corrected chi connectivity index (χ4v) is 2.01. The molecule has 3 nitrogen and oxygen atoms in total. The molecule has 0 saturated heterocycles. The van der Waals surface area contributed by atoms with Crippen molar-refractivity contribution in [2.24, 2.45) is 5.92 Å². The lowest BCUT2D eigenvalue weighted by atomic mass is 10.1. The highest BCUT2D eigenvalue weighted by molar-refractivity contribution is 5.94. The Kier molecular flexibility index (Phi) is 4.01. The molecule has 0 aliphatic heterocycles. The predicted octanol–water partition coefficient (Wildman–Crippen LogP) is 1.56. The third-order valence-corrected chi connectivity index (χ3v) is 3.20. The number of amides is 1. The molecule has 2 rings (SSSR count). The first-order chi connectivity index (χ1) is 8.74. The Morgan fingerprint density at radius 2 is 2.39 bits per heavy atom. The van der Waals surface area contributed by atoms with Crippen molar-refractivity contribution in [3.05, 3.63) is 35.4 Å². The van der Waals surface area contributed by atoms with Crippen molar-refractivity contribution in [2.75, 3.05) is 6.61 Å². The second kappa shape index (κ2) is 5.70. The second-order valence-corrected chi connectivity index (χ2v) is 4.52. The Morgan fingerprint density at radius 1 is 1.56 bits per heavy atom. The molecule has 0 radical (unpaired) electrons. The van der Waals surface area contributed by atoms with E-state index in [0.29, 0.717) is 17.5 Å². The standard InChI is InChI=1S/C15H17NO2/c1-2-12-10-14(12)16-15(18)13-7-3-5-11(9-13)6-4-8-17/h3,5,7,9,12,14,17H,2,8,10H2,1H3,(H,16,18). The van der Waals surface area contributed by atoms with Crippen LogP contribution in [0, 0.1) is 17.8 Å². The molecule has 0 spiro atoms. The molecule has 1 aromatic rings. The molecule has 2 N–H and O–H groups in total. The molecule has 2 atom stereocenters. The number of nitrogens with one attached hydrogen (secondary N) is 1. The molecule has 18 heavy (non-hydrogen) atoms. The van der Waals surface area contributed by atoms with E-state index >= 15 is 0 Å². The summed E-state index contributed by atoms with van der Waals surface area (Å²) in [5, 5.41) is 11.7. The van der Waals surface area contributed by atoms with Crippen LogP contribution in [0.3, 0.4) is 0 Å². The van der Waals surface area contributed by atoms with E-state index in [2.05, 4.69) is 24.1 Å². The van der Waals surface area contributed by atoms with Crippen molar-refractivity contribution < 1.29 is 9.90 Å². The highest BCUT2D eigenvalue weighted by Gasteiger charge is 2.36. The quantitative estimate of drug-likeness (QED) is 0.791. The summed E-state index contributed by atoms with van der Waals surface area (Å²) < 4.78 is 0. The molecule has 0 heterocycles. The smallest absolute Gasteiger partial charge is 0.251 e. The summed E-state index contributed by atoms with van der Waals surface area (Å²) in [4.78, 5) is 12.0. The average Bonchev–Trinajstić information content (AvgIpc) is 3.15. The summed E-state index contributed by atoms with van der Waals surface area (Å²) in [6.45, 7) is 1.97. The maximum Gasteiger partial charge on any atom is 0.251 e. The lowest BCUT2D eigenvalue weighted by Crippen LogP contribution is -2.26. The average molecular weight is 243 g/mol. The van der Waals surface area contributed by atoms with Gasteiger partial charge in [0.25, 0.3) is 5.91 Å². The zero-order valence-corrected chi connectivity index (χ0v) is 10.4. The zero-order valence-electron chi connectivity index (χ0n) is 10.4. The normalized spacial score (nSPS) is 20.8. The molecule has 0 bridgehead atoms. The van der Waals surface area contributed by atoms with Gasteiger partial charge in [-0.1, -0.05) is 31.3 Å². The Morgan fingerprint density at radius 3 is 3.06 bits per heavy atom. The summed E-state index contributed by atoms with van der Waals surface area (Å²) >= 11 is 0. The first kappa shape index (κ1) is 12.7. The van der Waals surface area contributed by atoms with E-state index in [0.717, 1.165) is 18.4 Å². The lowest BCUT2D eigenvalue weighted by Gasteiger charge is -2.04. The molecule has 0 aromatic heterocycles. The van der Waals surface area contributed by atoms with E-state index in [1.165, 1.54) is 0 Å². The molecule has 3 heteroatoms. The molecule has 2 unspecified atom stereocenters.